The molecule has 98 heavy (non-hydrogen) atoms. The number of carboxylic acid groups (broad SMARTS) is 2. The van der Waals surface area contributed by atoms with Crippen molar-refractivity contribution in [3.63, 3.8) is 0 Å². The Balaban J connectivity index is 0.796. The summed E-state index contributed by atoms with van der Waals surface area (Å²) >= 11 is 0. The van der Waals surface area contributed by atoms with Gasteiger partial charge in [-0.05, 0) is 134 Å². The van der Waals surface area contributed by atoms with Crippen molar-refractivity contribution in [3.05, 3.63) is 130 Å². The number of guanidine groups is 2. The third-order valence-corrected chi connectivity index (χ3v) is 20.2. The predicted molar refractivity (Wildman–Crippen MR) is 358 cm³/mol. The standard InChI is InChI=1S/C70H88N14O14/c71-69(72)75-29-9-17-49(67(95)96)77-61(89)55-33-45-13-5-7-19-53(45)83(55)65(93)57-31-43-11-1-3-15-47(43)35-81(57)63(91)51(37-85)79-59(87)41-25-21-39(22-26-41)40-23-27-42(28-24-40)60(88)80-52(38-86)64(92)82-36-48-16-4-2-12-44(48)32-58(82)66(94)84-54-20-8-6-14-46(54)34-56(84)62(90)78-50(68(97)98)18-10-30-76-70(73)74/h1-4,11-12,15-16,21-28,45-46,49-58,85-86H,5-10,13-14,17-20,29-38H2,(H,77,89)(H,78,90)(H,79,87)(H,80,88)(H,95,96)(H,97,98)(H4,71,72,75)(H4,73,74,76)/t45?,46?,49-,50-,51-,52-,53?,54?,55-,56-,57+,58+/m0/s1. The van der Waals surface area contributed by atoms with E-state index in [4.69, 9.17) is 22.9 Å². The van der Waals surface area contributed by atoms with Crippen LogP contribution >= 0.6 is 0 Å². The van der Waals surface area contributed by atoms with Gasteiger partial charge in [0, 0.05) is 62.2 Å². The number of likely N-dealkylation sites (tertiary alicyclic amines) is 2. The third kappa shape index (κ3) is 16.2. The zero-order valence-corrected chi connectivity index (χ0v) is 54.6. The number of carbonyl (C=O) groups is 10. The highest BCUT2D eigenvalue weighted by Gasteiger charge is 2.53. The van der Waals surface area contributed by atoms with Gasteiger partial charge >= 0.3 is 11.9 Å². The van der Waals surface area contributed by atoms with E-state index in [1.165, 1.54) is 34.1 Å². The number of carboxylic acids is 2. The molecule has 10 rings (SSSR count). The largest absolute Gasteiger partial charge is 0.480 e. The second kappa shape index (κ2) is 31.9. The number of aliphatic hydroxyl groups is 2. The molecule has 28 heteroatoms. The van der Waals surface area contributed by atoms with Crippen molar-refractivity contribution in [2.24, 2.45) is 44.8 Å². The molecule has 0 aromatic heterocycles. The predicted octanol–water partition coefficient (Wildman–Crippen LogP) is 1.01. The van der Waals surface area contributed by atoms with Crippen molar-refractivity contribution in [3.8, 4) is 11.1 Å². The average Bonchev–Trinajstić information content (AvgIpc) is 1.50. The molecule has 2 saturated carbocycles. The molecule has 2 saturated heterocycles. The number of nitrogens with zero attached hydrogens (tertiary/aromatic N) is 6. The molecule has 4 aromatic rings. The van der Waals surface area contributed by atoms with Gasteiger partial charge in [0.2, 0.25) is 35.4 Å². The highest BCUT2D eigenvalue weighted by molar-refractivity contribution is 6.02. The topological polar surface area (TPSA) is 441 Å². The number of aliphatic carboxylic acids is 2. The number of nitrogens with one attached hydrogen (secondary N) is 4. The van der Waals surface area contributed by atoms with Crippen LogP contribution in [-0.2, 0) is 64.3 Å². The van der Waals surface area contributed by atoms with Crippen molar-refractivity contribution in [2.75, 3.05) is 26.3 Å². The Morgan fingerprint density at radius 1 is 0.459 bits per heavy atom. The number of nitrogens with two attached hydrogens (primary N) is 4. The highest BCUT2D eigenvalue weighted by Crippen LogP contribution is 2.43. The van der Waals surface area contributed by atoms with E-state index in [1.54, 1.807) is 46.2 Å². The van der Waals surface area contributed by atoms with Crippen LogP contribution in [0.25, 0.3) is 11.1 Å². The van der Waals surface area contributed by atoms with Gasteiger partial charge in [0.25, 0.3) is 11.8 Å². The number of carbonyl (C=O) groups excluding carboxylic acids is 8. The van der Waals surface area contributed by atoms with Crippen LogP contribution in [0.5, 0.6) is 0 Å². The van der Waals surface area contributed by atoms with E-state index in [-0.39, 0.29) is 112 Å². The molecule has 2 aliphatic carbocycles. The SMILES string of the molecule is NC(N)=NCCC[C@H](NC(=O)[C@@H]1CC2CCCCC2N1C(=O)[C@H]1Cc2ccccc2CN1C(=O)[C@H](CO)NC(=O)c1ccc(-c2ccc(C(=O)N[C@@H](CO)C(=O)N3Cc4ccccc4C[C@@H]3C(=O)N3C4CCCCC4C[C@H]3C(=O)N[C@@H](CCCN=C(N)N)C(=O)O)cc2)cc1)C(=O)O. The first-order chi connectivity index (χ1) is 47.1. The smallest absolute Gasteiger partial charge is 0.326 e. The Kier molecular flexibility index (Phi) is 23.1. The van der Waals surface area contributed by atoms with E-state index in [0.717, 1.165) is 60.8 Å². The minimum atomic E-state index is -1.51. The molecule has 4 aliphatic heterocycles. The maximum atomic E-state index is 15.3. The second-order valence-corrected chi connectivity index (χ2v) is 26.4. The molecule has 28 nitrogen and oxygen atoms in total. The van der Waals surface area contributed by atoms with Crippen LogP contribution in [0.1, 0.15) is 133 Å². The molecule has 6 aliphatic rings. The molecule has 4 aromatic carbocycles. The van der Waals surface area contributed by atoms with Crippen LogP contribution in [0.4, 0.5) is 0 Å². The van der Waals surface area contributed by atoms with Crippen molar-refractivity contribution in [2.45, 2.75) is 176 Å². The van der Waals surface area contributed by atoms with Gasteiger partial charge < -0.3 is 84.2 Å². The molecular formula is C70H88N14O14. The van der Waals surface area contributed by atoms with Gasteiger partial charge in [0.05, 0.1) is 13.2 Å². The van der Waals surface area contributed by atoms with Crippen LogP contribution in [-0.4, -0.2) is 198 Å². The molecule has 16 N–H and O–H groups in total. The van der Waals surface area contributed by atoms with Crippen molar-refractivity contribution in [1.29, 1.82) is 0 Å². The van der Waals surface area contributed by atoms with Gasteiger partial charge in [-0.2, -0.15) is 0 Å². The van der Waals surface area contributed by atoms with Gasteiger partial charge in [-0.25, -0.2) is 9.59 Å². The van der Waals surface area contributed by atoms with Crippen LogP contribution in [0.3, 0.4) is 0 Å². The summed E-state index contributed by atoms with van der Waals surface area (Å²) in [6, 6.07) is 16.6. The molecule has 0 spiro atoms. The van der Waals surface area contributed by atoms with Crippen LogP contribution in [0.15, 0.2) is 107 Å². The Morgan fingerprint density at radius 3 is 1.16 bits per heavy atom. The minimum Gasteiger partial charge on any atom is -0.480 e. The fourth-order valence-electron chi connectivity index (χ4n) is 15.3. The molecule has 8 amide bonds. The zero-order chi connectivity index (χ0) is 69.9. The number of aliphatic imine (C=N–C) groups is 2. The summed E-state index contributed by atoms with van der Waals surface area (Å²) in [6.07, 6.45) is 7.44. The van der Waals surface area contributed by atoms with Crippen molar-refractivity contribution in [1.82, 2.24) is 40.9 Å². The lowest BCUT2D eigenvalue weighted by Gasteiger charge is -2.42. The number of aliphatic hydroxyl groups excluding tert-OH is 2. The van der Waals surface area contributed by atoms with Gasteiger partial charge in [-0.3, -0.25) is 48.3 Å². The fraction of sp³-hybridized carbons (Fsp3) is 0.486. The molecule has 4 heterocycles. The maximum absolute atomic E-state index is 15.3. The summed E-state index contributed by atoms with van der Waals surface area (Å²) in [7, 11) is 0. The lowest BCUT2D eigenvalue weighted by molar-refractivity contribution is -0.153. The lowest BCUT2D eigenvalue weighted by atomic mass is 9.84. The Morgan fingerprint density at radius 2 is 0.816 bits per heavy atom. The number of fused-ring (bicyclic) bond motifs is 4. The second-order valence-electron chi connectivity index (χ2n) is 26.4. The highest BCUT2D eigenvalue weighted by atomic mass is 16.4. The van der Waals surface area contributed by atoms with Crippen LogP contribution < -0.4 is 44.2 Å². The summed E-state index contributed by atoms with van der Waals surface area (Å²) in [5.74, 6) is -8.02. The first-order valence-electron chi connectivity index (χ1n) is 33.7. The lowest BCUT2D eigenvalue weighted by Crippen LogP contribution is -2.62. The maximum Gasteiger partial charge on any atom is 0.326 e. The van der Waals surface area contributed by atoms with Crippen LogP contribution in [0, 0.1) is 11.8 Å². The van der Waals surface area contributed by atoms with Crippen LogP contribution in [0.2, 0.25) is 0 Å². The quantitative estimate of drug-likeness (QED) is 0.0250. The van der Waals surface area contributed by atoms with Gasteiger partial charge in [0.15, 0.2) is 11.9 Å². The molecule has 4 fully saturated rings. The summed E-state index contributed by atoms with van der Waals surface area (Å²) in [4.78, 5) is 155. The Hall–Kier alpha value is -9.96. The normalized spacial score (nSPS) is 22.8. The average molecular weight is 1350 g/mol. The summed E-state index contributed by atoms with van der Waals surface area (Å²) < 4.78 is 0. The number of hydrogen-bond donors (Lipinski definition) is 12. The first kappa shape index (κ1) is 70.8. The monoisotopic (exact) mass is 1350 g/mol. The van der Waals surface area contributed by atoms with Gasteiger partial charge in [-0.1, -0.05) is 98.5 Å². The minimum absolute atomic E-state index is 0.0261. The number of rotatable bonds is 25. The zero-order valence-electron chi connectivity index (χ0n) is 54.6. The molecule has 0 radical (unpaired) electrons. The van der Waals surface area contributed by atoms with E-state index in [2.05, 4.69) is 31.3 Å². The Bertz CT molecular complexity index is 3460. The summed E-state index contributed by atoms with van der Waals surface area (Å²) in [6.45, 7) is -1.44. The van der Waals surface area contributed by atoms with E-state index in [9.17, 15) is 58.8 Å². The van der Waals surface area contributed by atoms with Gasteiger partial charge in [-0.15, -0.1) is 0 Å². The van der Waals surface area contributed by atoms with Gasteiger partial charge in [0.1, 0.15) is 48.3 Å². The van der Waals surface area contributed by atoms with E-state index in [0.29, 0.717) is 36.8 Å². The number of benzene rings is 4. The molecule has 0 bridgehead atoms. The molecule has 4 unspecified atom stereocenters. The summed E-state index contributed by atoms with van der Waals surface area (Å²) in [5.41, 5.74) is 26.4. The summed E-state index contributed by atoms with van der Waals surface area (Å²) in [5, 5.41) is 52.4. The molecule has 12 atom stereocenters. The molecular weight excluding hydrogens is 1260 g/mol. The van der Waals surface area contributed by atoms with E-state index >= 15 is 9.59 Å². The van der Waals surface area contributed by atoms with E-state index < -0.39 is 121 Å². The Labute approximate surface area is 567 Å². The first-order valence-corrected chi connectivity index (χ1v) is 33.7. The third-order valence-electron chi connectivity index (χ3n) is 20.2. The number of amides is 8. The van der Waals surface area contributed by atoms with E-state index in [1.807, 2.05) is 36.4 Å². The fourth-order valence-corrected chi connectivity index (χ4v) is 15.3. The van der Waals surface area contributed by atoms with Crippen molar-refractivity contribution < 1.29 is 68.4 Å². The van der Waals surface area contributed by atoms with Crippen molar-refractivity contribution >= 4 is 71.1 Å². The number of hydrogen-bond acceptors (Lipinski definition) is 14. The molecule has 522 valence electrons.